The number of ether oxygens (including phenoxy) is 1. The van der Waals surface area contributed by atoms with Crippen molar-refractivity contribution in [2.24, 2.45) is 47.3 Å². The molecule has 0 aliphatic heterocycles. The molecule has 4 aliphatic rings. The van der Waals surface area contributed by atoms with Crippen LogP contribution in [0.5, 0.6) is 0 Å². The summed E-state index contributed by atoms with van der Waals surface area (Å²) in [6, 6.07) is 20.0. The standard InChI is InChI=1S/C58H94O/c1-5-9-11-13-15-19-47-25-33-53(34-26-47)57(55-41-37-51(38-42-55)49-29-21-45(17-7-3)22-30-49)59-58(54-35-27-48(28-36-54)20-16-14-12-10-6-2)56-43-39-52(40-44-56)50-31-23-46(18-8-4)24-32-50/h25-28,33-36,45-46,49-52,55-58H,5-24,29-32,37-44H2,1-4H3/t45-,46-,49-,50-,51-,52-,55-,56-,57?,58?. The number of aryl methyl sites for hydroxylation is 2. The van der Waals surface area contributed by atoms with Crippen LogP contribution in [0.2, 0.25) is 0 Å². The predicted molar refractivity (Wildman–Crippen MR) is 256 cm³/mol. The first-order chi connectivity index (χ1) is 29.1. The Morgan fingerprint density at radius 3 is 1.02 bits per heavy atom. The van der Waals surface area contributed by atoms with Crippen LogP contribution in [0.4, 0.5) is 0 Å². The van der Waals surface area contributed by atoms with Gasteiger partial charge in [0.1, 0.15) is 0 Å². The monoisotopic (exact) mass is 807 g/mol. The first kappa shape index (κ1) is 46.9. The van der Waals surface area contributed by atoms with E-state index in [0.717, 1.165) is 35.5 Å². The molecule has 2 unspecified atom stereocenters. The fourth-order valence-corrected chi connectivity index (χ4v) is 13.2. The predicted octanol–water partition coefficient (Wildman–Crippen LogP) is 18.3. The topological polar surface area (TPSA) is 9.23 Å². The summed E-state index contributed by atoms with van der Waals surface area (Å²) in [5.41, 5.74) is 5.98. The van der Waals surface area contributed by atoms with Crippen LogP contribution in [0.25, 0.3) is 0 Å². The molecule has 1 heteroatoms. The Labute approximate surface area is 366 Å². The van der Waals surface area contributed by atoms with Crippen molar-refractivity contribution >= 4 is 0 Å². The third kappa shape index (κ3) is 14.7. The van der Waals surface area contributed by atoms with Crippen molar-refractivity contribution in [1.29, 1.82) is 0 Å². The van der Waals surface area contributed by atoms with Crippen molar-refractivity contribution in [3.05, 3.63) is 70.8 Å². The molecular formula is C58H94O. The van der Waals surface area contributed by atoms with Gasteiger partial charge in [-0.1, -0.05) is 179 Å². The number of unbranched alkanes of at least 4 members (excludes halogenated alkanes) is 8. The lowest BCUT2D eigenvalue weighted by Gasteiger charge is -2.43. The highest BCUT2D eigenvalue weighted by molar-refractivity contribution is 5.28. The van der Waals surface area contributed by atoms with Gasteiger partial charge in [0.05, 0.1) is 12.2 Å². The number of hydrogen-bond donors (Lipinski definition) is 0. The molecule has 0 aromatic heterocycles. The minimum Gasteiger partial charge on any atom is -0.365 e. The second-order valence-corrected chi connectivity index (χ2v) is 21.3. The quantitative estimate of drug-likeness (QED) is 0.0960. The molecule has 1 nitrogen and oxygen atoms in total. The third-order valence-corrected chi connectivity index (χ3v) is 17.0. The fourth-order valence-electron chi connectivity index (χ4n) is 13.2. The zero-order valence-corrected chi connectivity index (χ0v) is 39.4. The summed E-state index contributed by atoms with van der Waals surface area (Å²) in [4.78, 5) is 0. The summed E-state index contributed by atoms with van der Waals surface area (Å²) >= 11 is 0. The van der Waals surface area contributed by atoms with E-state index >= 15 is 0 Å². The molecule has 0 amide bonds. The van der Waals surface area contributed by atoms with Crippen LogP contribution in [0, 0.1) is 47.3 Å². The smallest absolute Gasteiger partial charge is 0.0861 e. The van der Waals surface area contributed by atoms with Gasteiger partial charge >= 0.3 is 0 Å². The lowest BCUT2D eigenvalue weighted by atomic mass is 9.67. The average molecular weight is 807 g/mol. The lowest BCUT2D eigenvalue weighted by molar-refractivity contribution is -0.0934. The van der Waals surface area contributed by atoms with Crippen molar-refractivity contribution in [2.75, 3.05) is 0 Å². The molecule has 4 aliphatic carbocycles. The Morgan fingerprint density at radius 2 is 0.695 bits per heavy atom. The molecule has 0 bridgehead atoms. The Bertz CT molecular complexity index is 1240. The zero-order chi connectivity index (χ0) is 41.1. The molecule has 332 valence electrons. The summed E-state index contributed by atoms with van der Waals surface area (Å²) in [6.45, 7) is 9.41. The van der Waals surface area contributed by atoms with Crippen molar-refractivity contribution in [2.45, 2.75) is 245 Å². The maximum Gasteiger partial charge on any atom is 0.0861 e. The van der Waals surface area contributed by atoms with Crippen molar-refractivity contribution in [3.8, 4) is 0 Å². The van der Waals surface area contributed by atoms with Crippen molar-refractivity contribution in [1.82, 2.24) is 0 Å². The first-order valence-electron chi connectivity index (χ1n) is 26.9. The van der Waals surface area contributed by atoms with E-state index in [-0.39, 0.29) is 12.2 Å². The molecule has 2 aromatic carbocycles. The second-order valence-electron chi connectivity index (χ2n) is 21.3. The fraction of sp³-hybridized carbons (Fsp3) is 0.793. The summed E-state index contributed by atoms with van der Waals surface area (Å²) in [6.07, 6.45) is 45.1. The molecule has 4 saturated carbocycles. The first-order valence-corrected chi connectivity index (χ1v) is 26.9. The highest BCUT2D eigenvalue weighted by atomic mass is 16.5. The van der Waals surface area contributed by atoms with Gasteiger partial charge in [-0.05, 0) is 172 Å². The number of benzene rings is 2. The van der Waals surface area contributed by atoms with Crippen LogP contribution in [0.1, 0.15) is 255 Å². The van der Waals surface area contributed by atoms with E-state index < -0.39 is 0 Å². The van der Waals surface area contributed by atoms with Crippen LogP contribution in [-0.4, -0.2) is 0 Å². The van der Waals surface area contributed by atoms with Crippen LogP contribution in [-0.2, 0) is 17.6 Å². The molecule has 6 rings (SSSR count). The Morgan fingerprint density at radius 1 is 0.373 bits per heavy atom. The molecule has 4 fully saturated rings. The van der Waals surface area contributed by atoms with Gasteiger partial charge in [0.25, 0.3) is 0 Å². The molecule has 0 spiro atoms. The van der Waals surface area contributed by atoms with E-state index in [1.807, 2.05) is 0 Å². The normalized spacial score (nSPS) is 28.9. The molecule has 2 aromatic rings. The van der Waals surface area contributed by atoms with E-state index in [2.05, 4.69) is 76.2 Å². The van der Waals surface area contributed by atoms with Crippen molar-refractivity contribution in [3.63, 3.8) is 0 Å². The summed E-state index contributed by atoms with van der Waals surface area (Å²) in [5.74, 6) is 7.13. The van der Waals surface area contributed by atoms with Gasteiger partial charge in [-0.3, -0.25) is 0 Å². The van der Waals surface area contributed by atoms with E-state index in [1.165, 1.54) is 228 Å². The van der Waals surface area contributed by atoms with E-state index in [4.69, 9.17) is 4.74 Å². The minimum atomic E-state index is 0.199. The van der Waals surface area contributed by atoms with Crippen LogP contribution in [0.3, 0.4) is 0 Å². The summed E-state index contributed by atoms with van der Waals surface area (Å²) in [5, 5.41) is 0. The van der Waals surface area contributed by atoms with Gasteiger partial charge in [0.15, 0.2) is 0 Å². The molecule has 0 saturated heterocycles. The van der Waals surface area contributed by atoms with Gasteiger partial charge in [-0.25, -0.2) is 0 Å². The number of hydrogen-bond acceptors (Lipinski definition) is 1. The van der Waals surface area contributed by atoms with Gasteiger partial charge in [-0.2, -0.15) is 0 Å². The lowest BCUT2D eigenvalue weighted by Crippen LogP contribution is -2.31. The summed E-state index contributed by atoms with van der Waals surface area (Å²) < 4.78 is 7.88. The largest absolute Gasteiger partial charge is 0.365 e. The molecule has 0 N–H and O–H groups in total. The summed E-state index contributed by atoms with van der Waals surface area (Å²) in [7, 11) is 0. The second kappa shape index (κ2) is 26.1. The Hall–Kier alpha value is -1.60. The molecule has 2 atom stereocenters. The van der Waals surface area contributed by atoms with Gasteiger partial charge in [0, 0.05) is 0 Å². The molecule has 0 radical (unpaired) electrons. The van der Waals surface area contributed by atoms with Gasteiger partial charge < -0.3 is 4.74 Å². The SMILES string of the molecule is CCCCCCCc1ccc(C(OC(c2ccc(CCCCCCC)cc2)[C@H]2CC[C@H]([C@H]3CC[C@H](CCC)CC3)CC2)[C@H]2CC[C@H]([C@H]3CC[C@H](CCC)CC3)CC2)cc1. The zero-order valence-electron chi connectivity index (χ0n) is 39.4. The molecule has 59 heavy (non-hydrogen) atoms. The van der Waals surface area contributed by atoms with Crippen LogP contribution in [0.15, 0.2) is 48.5 Å². The average Bonchev–Trinajstić information content (AvgIpc) is 3.28. The van der Waals surface area contributed by atoms with Crippen molar-refractivity contribution < 1.29 is 4.74 Å². The Balaban J connectivity index is 1.17. The maximum atomic E-state index is 7.88. The minimum absolute atomic E-state index is 0.199. The Kier molecular flexibility index (Phi) is 20.8. The number of rotatable bonds is 24. The van der Waals surface area contributed by atoms with E-state index in [0.29, 0.717) is 11.8 Å². The molecular weight excluding hydrogens is 713 g/mol. The van der Waals surface area contributed by atoms with Gasteiger partial charge in [0.2, 0.25) is 0 Å². The van der Waals surface area contributed by atoms with Crippen LogP contribution < -0.4 is 0 Å². The van der Waals surface area contributed by atoms with Crippen LogP contribution >= 0.6 is 0 Å². The van der Waals surface area contributed by atoms with E-state index in [1.54, 1.807) is 0 Å². The highest BCUT2D eigenvalue weighted by Crippen LogP contribution is 2.50. The van der Waals surface area contributed by atoms with E-state index in [9.17, 15) is 0 Å². The third-order valence-electron chi connectivity index (χ3n) is 17.0. The van der Waals surface area contributed by atoms with Gasteiger partial charge in [-0.15, -0.1) is 0 Å². The molecule has 0 heterocycles. The maximum absolute atomic E-state index is 7.88. The highest BCUT2D eigenvalue weighted by Gasteiger charge is 2.39.